The fourth-order valence-corrected chi connectivity index (χ4v) is 2.33. The first-order valence-corrected chi connectivity index (χ1v) is 6.72. The van der Waals surface area contributed by atoms with Crippen LogP contribution in [-0.4, -0.2) is 18.5 Å². The predicted octanol–water partition coefficient (Wildman–Crippen LogP) is 2.65. The Morgan fingerprint density at radius 3 is 2.74 bits per heavy atom. The van der Waals surface area contributed by atoms with Gasteiger partial charge in [0.15, 0.2) is 0 Å². The molecule has 0 radical (unpaired) electrons. The van der Waals surface area contributed by atoms with Crippen LogP contribution in [0.25, 0.3) is 0 Å². The highest BCUT2D eigenvalue weighted by Gasteiger charge is 2.51. The van der Waals surface area contributed by atoms with Gasteiger partial charge in [-0.25, -0.2) is 0 Å². The van der Waals surface area contributed by atoms with E-state index < -0.39 is 0 Å². The third-order valence-electron chi connectivity index (χ3n) is 3.45. The molecule has 19 heavy (non-hydrogen) atoms. The summed E-state index contributed by atoms with van der Waals surface area (Å²) in [7, 11) is 0. The zero-order valence-corrected chi connectivity index (χ0v) is 12.6. The average Bonchev–Trinajstić information content (AvgIpc) is 3.09. The lowest BCUT2D eigenvalue weighted by Crippen LogP contribution is -2.36. The molecule has 1 aromatic carbocycles. The minimum absolute atomic E-state index is 0. The van der Waals surface area contributed by atoms with Gasteiger partial charge < -0.3 is 11.1 Å². The van der Waals surface area contributed by atoms with Crippen molar-refractivity contribution in [2.45, 2.75) is 37.6 Å². The maximum Gasteiger partial charge on any atom is 0.230 e. The van der Waals surface area contributed by atoms with Crippen LogP contribution in [0.5, 0.6) is 0 Å². The van der Waals surface area contributed by atoms with Gasteiger partial charge in [-0.1, -0.05) is 23.7 Å². The van der Waals surface area contributed by atoms with Crippen LogP contribution in [0.4, 0.5) is 0 Å². The number of carbonyl (C=O) groups excluding carboxylic acids is 1. The van der Waals surface area contributed by atoms with Gasteiger partial charge in [0.25, 0.3) is 0 Å². The van der Waals surface area contributed by atoms with E-state index in [-0.39, 0.29) is 29.8 Å². The molecular formula is C14H20Cl2N2O. The van der Waals surface area contributed by atoms with Crippen LogP contribution < -0.4 is 11.1 Å². The third kappa shape index (κ3) is 3.85. The molecule has 1 atom stereocenters. The highest BCUT2D eigenvalue weighted by Crippen LogP contribution is 2.48. The Hall–Kier alpha value is -0.770. The van der Waals surface area contributed by atoms with Gasteiger partial charge in [0, 0.05) is 17.6 Å². The Balaban J connectivity index is 0.00000180. The van der Waals surface area contributed by atoms with Crippen molar-refractivity contribution in [3.63, 3.8) is 0 Å². The first-order valence-electron chi connectivity index (χ1n) is 6.34. The topological polar surface area (TPSA) is 55.1 Å². The number of rotatable bonds is 5. The maximum atomic E-state index is 12.2. The molecule has 1 fully saturated rings. The Morgan fingerprint density at radius 2 is 2.21 bits per heavy atom. The van der Waals surface area contributed by atoms with Gasteiger partial charge in [-0.05, 0) is 43.9 Å². The zero-order chi connectivity index (χ0) is 13.2. The normalized spacial score (nSPS) is 17.2. The van der Waals surface area contributed by atoms with E-state index in [2.05, 4.69) is 5.32 Å². The smallest absolute Gasteiger partial charge is 0.230 e. The fourth-order valence-electron chi connectivity index (χ4n) is 2.14. The molecule has 0 heterocycles. The van der Waals surface area contributed by atoms with E-state index in [4.69, 9.17) is 17.3 Å². The highest BCUT2D eigenvalue weighted by atomic mass is 35.5. The average molecular weight is 303 g/mol. The van der Waals surface area contributed by atoms with E-state index in [0.717, 1.165) is 24.8 Å². The van der Waals surface area contributed by atoms with Gasteiger partial charge in [0.2, 0.25) is 5.91 Å². The van der Waals surface area contributed by atoms with Crippen LogP contribution in [0.15, 0.2) is 24.3 Å². The molecule has 0 aliphatic heterocycles. The molecule has 0 bridgehead atoms. The van der Waals surface area contributed by atoms with Gasteiger partial charge in [0.1, 0.15) is 0 Å². The van der Waals surface area contributed by atoms with Crippen LogP contribution in [0.3, 0.4) is 0 Å². The molecule has 106 valence electrons. The number of carbonyl (C=O) groups is 1. The summed E-state index contributed by atoms with van der Waals surface area (Å²) in [5.74, 6) is 0.102. The quantitative estimate of drug-likeness (QED) is 0.878. The summed E-state index contributed by atoms with van der Waals surface area (Å²) in [5, 5.41) is 3.66. The minimum Gasteiger partial charge on any atom is -0.355 e. The van der Waals surface area contributed by atoms with Crippen LogP contribution in [0, 0.1) is 0 Å². The molecule has 1 amide bonds. The van der Waals surface area contributed by atoms with Gasteiger partial charge in [-0.2, -0.15) is 0 Å². The molecule has 3 N–H and O–H groups in total. The van der Waals surface area contributed by atoms with Crippen LogP contribution in [0.1, 0.15) is 31.7 Å². The monoisotopic (exact) mass is 302 g/mol. The van der Waals surface area contributed by atoms with Gasteiger partial charge in [-0.3, -0.25) is 4.79 Å². The van der Waals surface area contributed by atoms with E-state index in [1.165, 1.54) is 0 Å². The molecule has 0 saturated heterocycles. The van der Waals surface area contributed by atoms with E-state index in [1.807, 2.05) is 31.2 Å². The lowest BCUT2D eigenvalue weighted by molar-refractivity contribution is -0.123. The van der Waals surface area contributed by atoms with Crippen molar-refractivity contribution in [1.29, 1.82) is 0 Å². The lowest BCUT2D eigenvalue weighted by atomic mass is 9.95. The van der Waals surface area contributed by atoms with Crippen molar-refractivity contribution in [1.82, 2.24) is 5.32 Å². The number of benzene rings is 1. The van der Waals surface area contributed by atoms with Crippen molar-refractivity contribution in [2.75, 3.05) is 6.54 Å². The summed E-state index contributed by atoms with van der Waals surface area (Å²) in [5.41, 5.74) is 6.34. The van der Waals surface area contributed by atoms with E-state index >= 15 is 0 Å². The summed E-state index contributed by atoms with van der Waals surface area (Å²) >= 11 is 5.98. The third-order valence-corrected chi connectivity index (χ3v) is 3.68. The maximum absolute atomic E-state index is 12.2. The summed E-state index contributed by atoms with van der Waals surface area (Å²) in [6.45, 7) is 2.58. The number of hydrogen-bond donors (Lipinski definition) is 2. The SMILES string of the molecule is CC(N)CCNC(=O)C1(c2cccc(Cl)c2)CC1.Cl. The van der Waals surface area contributed by atoms with Crippen LogP contribution >= 0.6 is 24.0 Å². The van der Waals surface area contributed by atoms with E-state index in [1.54, 1.807) is 0 Å². The summed E-state index contributed by atoms with van der Waals surface area (Å²) < 4.78 is 0. The number of nitrogens with two attached hydrogens (primary N) is 1. The second-order valence-electron chi connectivity index (χ2n) is 5.11. The van der Waals surface area contributed by atoms with E-state index in [0.29, 0.717) is 11.6 Å². The molecule has 1 aromatic rings. The van der Waals surface area contributed by atoms with Gasteiger partial charge in [-0.15, -0.1) is 12.4 Å². The lowest BCUT2D eigenvalue weighted by Gasteiger charge is -2.16. The number of halogens is 2. The van der Waals surface area contributed by atoms with Crippen LogP contribution in [0.2, 0.25) is 5.02 Å². The van der Waals surface area contributed by atoms with E-state index in [9.17, 15) is 4.79 Å². The van der Waals surface area contributed by atoms with Crippen molar-refractivity contribution < 1.29 is 4.79 Å². The molecule has 0 spiro atoms. The summed E-state index contributed by atoms with van der Waals surface area (Å²) in [4.78, 5) is 12.2. The number of nitrogens with one attached hydrogen (secondary N) is 1. The molecule has 0 aromatic heterocycles. The van der Waals surface area contributed by atoms with Crippen molar-refractivity contribution in [3.05, 3.63) is 34.9 Å². The Labute approximate surface area is 125 Å². The summed E-state index contributed by atoms with van der Waals surface area (Å²) in [6.07, 6.45) is 2.60. The zero-order valence-electron chi connectivity index (χ0n) is 11.0. The molecule has 1 aliphatic rings. The first kappa shape index (κ1) is 16.3. The second-order valence-corrected chi connectivity index (χ2v) is 5.55. The standard InChI is InChI=1S/C14H19ClN2O.ClH/c1-10(16)5-8-17-13(18)14(6-7-14)11-3-2-4-12(15)9-11;/h2-4,9-10H,5-8,16H2,1H3,(H,17,18);1H. The number of hydrogen-bond acceptors (Lipinski definition) is 2. The van der Waals surface area contributed by atoms with Crippen molar-refractivity contribution >= 4 is 29.9 Å². The Bertz CT molecular complexity index is 445. The Morgan fingerprint density at radius 1 is 1.53 bits per heavy atom. The fraction of sp³-hybridized carbons (Fsp3) is 0.500. The number of amides is 1. The Kier molecular flexibility index (Phi) is 5.65. The minimum atomic E-state index is -0.345. The first-order chi connectivity index (χ1) is 8.54. The largest absolute Gasteiger partial charge is 0.355 e. The second kappa shape index (κ2) is 6.60. The van der Waals surface area contributed by atoms with Gasteiger partial charge in [0.05, 0.1) is 5.41 Å². The predicted molar refractivity (Wildman–Crippen MR) is 80.9 cm³/mol. The highest BCUT2D eigenvalue weighted by molar-refractivity contribution is 6.30. The molecule has 1 unspecified atom stereocenters. The molecule has 3 nitrogen and oxygen atoms in total. The molecule has 5 heteroatoms. The molecule has 1 aliphatic carbocycles. The molecule has 2 rings (SSSR count). The van der Waals surface area contributed by atoms with Crippen molar-refractivity contribution in [3.8, 4) is 0 Å². The van der Waals surface area contributed by atoms with Crippen molar-refractivity contribution in [2.24, 2.45) is 5.73 Å². The molecule has 1 saturated carbocycles. The van der Waals surface area contributed by atoms with Gasteiger partial charge >= 0.3 is 0 Å². The molecular weight excluding hydrogens is 283 g/mol. The van der Waals surface area contributed by atoms with Crippen LogP contribution in [-0.2, 0) is 10.2 Å². The summed E-state index contributed by atoms with van der Waals surface area (Å²) in [6, 6.07) is 7.71.